The van der Waals surface area contributed by atoms with Crippen LogP contribution in [0.4, 0.5) is 0 Å². The maximum Gasteiger partial charge on any atom is 0.258 e. The van der Waals surface area contributed by atoms with Crippen molar-refractivity contribution in [2.75, 3.05) is 0 Å². The highest BCUT2D eigenvalue weighted by Gasteiger charge is 2.28. The van der Waals surface area contributed by atoms with Crippen molar-refractivity contribution in [1.29, 1.82) is 0 Å². The van der Waals surface area contributed by atoms with Crippen molar-refractivity contribution >= 4 is 10.0 Å². The van der Waals surface area contributed by atoms with Crippen molar-refractivity contribution in [3.63, 3.8) is 0 Å². The molecule has 0 fully saturated rings. The van der Waals surface area contributed by atoms with Crippen LogP contribution in [0.5, 0.6) is 0 Å². The summed E-state index contributed by atoms with van der Waals surface area (Å²) in [5, 5.41) is 9.12. The summed E-state index contributed by atoms with van der Waals surface area (Å²) < 4.78 is 32.0. The van der Waals surface area contributed by atoms with E-state index in [2.05, 4.69) is 14.9 Å². The Morgan fingerprint density at radius 2 is 1.96 bits per heavy atom. The summed E-state index contributed by atoms with van der Waals surface area (Å²) in [5.74, 6) is 0. The Balaban J connectivity index is 1.58. The summed E-state index contributed by atoms with van der Waals surface area (Å²) >= 11 is 0. The molecule has 0 amide bonds. The molecular weight excluding hydrogens is 326 g/mol. The van der Waals surface area contributed by atoms with Gasteiger partial charge in [0, 0.05) is 37.0 Å². The van der Waals surface area contributed by atoms with E-state index in [0.717, 1.165) is 74.0 Å². The Kier molecular flexibility index (Phi) is 3.96. The molecule has 2 aromatic heterocycles. The lowest BCUT2D eigenvalue weighted by Gasteiger charge is -2.15. The van der Waals surface area contributed by atoms with Gasteiger partial charge in [-0.05, 0) is 44.9 Å². The zero-order valence-electron chi connectivity index (χ0n) is 14.0. The van der Waals surface area contributed by atoms with E-state index in [-0.39, 0.29) is 6.54 Å². The fraction of sp³-hybridized carbons (Fsp3) is 0.625. The van der Waals surface area contributed by atoms with Crippen LogP contribution in [0.15, 0.2) is 11.2 Å². The fourth-order valence-electron chi connectivity index (χ4n) is 3.86. The van der Waals surface area contributed by atoms with Crippen LogP contribution in [0.1, 0.15) is 48.2 Å². The lowest BCUT2D eigenvalue weighted by molar-refractivity contribution is 0.483. The highest BCUT2D eigenvalue weighted by Crippen LogP contribution is 2.27. The monoisotopic (exact) mass is 349 g/mol. The van der Waals surface area contributed by atoms with Gasteiger partial charge in [0.05, 0.1) is 11.9 Å². The lowest BCUT2D eigenvalue weighted by Crippen LogP contribution is -2.27. The van der Waals surface area contributed by atoms with E-state index in [4.69, 9.17) is 0 Å². The number of aryl methyl sites for hydroxylation is 3. The van der Waals surface area contributed by atoms with Crippen molar-refractivity contribution in [2.24, 2.45) is 7.05 Å². The molecule has 1 aliphatic carbocycles. The van der Waals surface area contributed by atoms with Gasteiger partial charge in [0.2, 0.25) is 0 Å². The average Bonchev–Trinajstić information content (AvgIpc) is 3.13. The zero-order chi connectivity index (χ0) is 16.7. The third-order valence-corrected chi connectivity index (χ3v) is 6.58. The smallest absolute Gasteiger partial charge is 0.258 e. The van der Waals surface area contributed by atoms with E-state index >= 15 is 0 Å². The minimum absolute atomic E-state index is 0.289. The first-order valence-electron chi connectivity index (χ1n) is 8.64. The summed E-state index contributed by atoms with van der Waals surface area (Å²) in [4.78, 5) is 0. The van der Waals surface area contributed by atoms with Crippen LogP contribution in [0.3, 0.4) is 0 Å². The first-order valence-corrected chi connectivity index (χ1v) is 10.1. The fourth-order valence-corrected chi connectivity index (χ4v) is 5.28. The first kappa shape index (κ1) is 15.8. The summed E-state index contributed by atoms with van der Waals surface area (Å²) in [6.45, 7) is 1.22. The largest absolute Gasteiger partial charge is 0.269 e. The molecule has 0 saturated heterocycles. The Labute approximate surface area is 142 Å². The van der Waals surface area contributed by atoms with Crippen molar-refractivity contribution in [1.82, 2.24) is 24.3 Å². The highest BCUT2D eigenvalue weighted by molar-refractivity contribution is 7.89. The second-order valence-corrected chi connectivity index (χ2v) is 8.36. The molecule has 0 bridgehead atoms. The van der Waals surface area contributed by atoms with Gasteiger partial charge >= 0.3 is 0 Å². The van der Waals surface area contributed by atoms with E-state index in [0.29, 0.717) is 5.03 Å². The molecule has 8 heteroatoms. The normalized spacial score (nSPS) is 17.5. The molecule has 2 aliphatic rings. The molecule has 0 spiro atoms. The molecule has 0 aromatic carbocycles. The molecule has 1 aliphatic heterocycles. The number of rotatable bonds is 4. The Hall–Kier alpha value is -1.67. The molecule has 0 atom stereocenters. The summed E-state index contributed by atoms with van der Waals surface area (Å²) in [5.41, 5.74) is 3.98. The SMILES string of the molecule is Cn1nc2c(c1S(=O)(=O)NCc1cnn3c1CCCC3)CCCC2. The number of hydrogen-bond acceptors (Lipinski definition) is 4. The third-order valence-electron chi connectivity index (χ3n) is 5.04. The third kappa shape index (κ3) is 2.67. The van der Waals surface area contributed by atoms with Crippen LogP contribution >= 0.6 is 0 Å². The van der Waals surface area contributed by atoms with Gasteiger partial charge in [-0.1, -0.05) is 0 Å². The molecule has 1 N–H and O–H groups in total. The Morgan fingerprint density at radius 3 is 2.83 bits per heavy atom. The van der Waals surface area contributed by atoms with Crippen LogP contribution in [0.2, 0.25) is 0 Å². The molecule has 0 saturated carbocycles. The van der Waals surface area contributed by atoms with Gasteiger partial charge in [-0.2, -0.15) is 10.2 Å². The number of nitrogens with zero attached hydrogens (tertiary/aromatic N) is 4. The Morgan fingerprint density at radius 1 is 1.17 bits per heavy atom. The second-order valence-electron chi connectivity index (χ2n) is 6.68. The van der Waals surface area contributed by atoms with E-state index in [1.54, 1.807) is 13.2 Å². The van der Waals surface area contributed by atoms with Crippen molar-refractivity contribution in [2.45, 2.75) is 63.1 Å². The molecule has 2 aromatic rings. The first-order chi connectivity index (χ1) is 11.6. The lowest BCUT2D eigenvalue weighted by atomic mass is 9.99. The summed E-state index contributed by atoms with van der Waals surface area (Å²) in [6.07, 6.45) is 8.82. The quantitative estimate of drug-likeness (QED) is 0.902. The van der Waals surface area contributed by atoms with E-state index in [9.17, 15) is 8.42 Å². The van der Waals surface area contributed by atoms with Crippen molar-refractivity contribution in [3.8, 4) is 0 Å². The molecule has 4 rings (SSSR count). The van der Waals surface area contributed by atoms with E-state index < -0.39 is 10.0 Å². The standard InChI is InChI=1S/C16H23N5O2S/c1-20-16(13-6-2-3-7-14(13)19-20)24(22,23)18-11-12-10-17-21-9-5-4-8-15(12)21/h10,18H,2-9,11H2,1H3. The van der Waals surface area contributed by atoms with E-state index in [1.165, 1.54) is 4.68 Å². The maximum absolute atomic E-state index is 12.9. The predicted molar refractivity (Wildman–Crippen MR) is 89.0 cm³/mol. The molecule has 7 nitrogen and oxygen atoms in total. The molecule has 3 heterocycles. The van der Waals surface area contributed by atoms with Crippen LogP contribution < -0.4 is 4.72 Å². The number of aromatic nitrogens is 4. The van der Waals surface area contributed by atoms with Gasteiger partial charge in [0.25, 0.3) is 10.0 Å². The predicted octanol–water partition coefficient (Wildman–Crippen LogP) is 1.31. The average molecular weight is 349 g/mol. The Bertz CT molecular complexity index is 865. The minimum atomic E-state index is -3.58. The summed E-state index contributed by atoms with van der Waals surface area (Å²) in [7, 11) is -1.86. The number of sulfonamides is 1. The molecular formula is C16H23N5O2S. The van der Waals surface area contributed by atoms with Gasteiger partial charge < -0.3 is 0 Å². The molecule has 0 radical (unpaired) electrons. The van der Waals surface area contributed by atoms with Crippen molar-refractivity contribution < 1.29 is 8.42 Å². The van der Waals surface area contributed by atoms with E-state index in [1.807, 2.05) is 4.68 Å². The van der Waals surface area contributed by atoms with Crippen molar-refractivity contribution in [3.05, 3.63) is 28.7 Å². The van der Waals surface area contributed by atoms with Gasteiger partial charge in [0.1, 0.15) is 0 Å². The molecule has 130 valence electrons. The highest BCUT2D eigenvalue weighted by atomic mass is 32.2. The van der Waals surface area contributed by atoms with Crippen LogP contribution in [0, 0.1) is 0 Å². The van der Waals surface area contributed by atoms with Crippen LogP contribution in [0.25, 0.3) is 0 Å². The topological polar surface area (TPSA) is 81.8 Å². The number of fused-ring (bicyclic) bond motifs is 2. The maximum atomic E-state index is 12.9. The zero-order valence-corrected chi connectivity index (χ0v) is 14.8. The second kappa shape index (κ2) is 6.00. The minimum Gasteiger partial charge on any atom is -0.269 e. The molecule has 0 unspecified atom stereocenters. The van der Waals surface area contributed by atoms with Gasteiger partial charge in [-0.25, -0.2) is 13.1 Å². The molecule has 24 heavy (non-hydrogen) atoms. The van der Waals surface area contributed by atoms with Gasteiger partial charge in [-0.3, -0.25) is 9.36 Å². The number of nitrogens with one attached hydrogen (secondary N) is 1. The van der Waals surface area contributed by atoms with Gasteiger partial charge in [0.15, 0.2) is 5.03 Å². The number of hydrogen-bond donors (Lipinski definition) is 1. The summed E-state index contributed by atoms with van der Waals surface area (Å²) in [6, 6.07) is 0. The van der Waals surface area contributed by atoms with Crippen LogP contribution in [-0.2, 0) is 49.4 Å². The van der Waals surface area contributed by atoms with Gasteiger partial charge in [-0.15, -0.1) is 0 Å². The van der Waals surface area contributed by atoms with Crippen LogP contribution in [-0.4, -0.2) is 28.0 Å².